The van der Waals surface area contributed by atoms with E-state index in [-0.39, 0.29) is 26.8 Å². The summed E-state index contributed by atoms with van der Waals surface area (Å²) in [7, 11) is 1.36. The van der Waals surface area contributed by atoms with Gasteiger partial charge in [0, 0.05) is 24.4 Å². The Bertz CT molecular complexity index is 1470. The Morgan fingerprint density at radius 3 is 2.45 bits per heavy atom. The van der Waals surface area contributed by atoms with Crippen molar-refractivity contribution in [2.45, 2.75) is 19.1 Å². The van der Waals surface area contributed by atoms with Crippen molar-refractivity contribution in [2.75, 3.05) is 18.7 Å². The molecule has 3 aromatic rings. The predicted octanol–water partition coefficient (Wildman–Crippen LogP) is 4.70. The number of anilines is 1. The fourth-order valence-corrected chi connectivity index (χ4v) is 3.97. The average molecular weight is 610 g/mol. The number of carbonyl (C=O) groups is 2. The van der Waals surface area contributed by atoms with E-state index in [1.54, 1.807) is 0 Å². The molecule has 1 heterocycles. The third-order valence-electron chi connectivity index (χ3n) is 5.70. The number of nitrogens with one attached hydrogen (secondary N) is 2. The van der Waals surface area contributed by atoms with Crippen LogP contribution in [0, 0.1) is 5.41 Å². The van der Waals surface area contributed by atoms with E-state index in [0.29, 0.717) is 15.8 Å². The van der Waals surface area contributed by atoms with Gasteiger partial charge in [-0.05, 0) is 42.1 Å². The minimum atomic E-state index is -3.16. The molecule has 2 aromatic carbocycles. The van der Waals surface area contributed by atoms with E-state index in [9.17, 15) is 27.2 Å². The molecule has 0 bridgehead atoms. The Balaban J connectivity index is 2.06. The van der Waals surface area contributed by atoms with Gasteiger partial charge in [0.15, 0.2) is 5.96 Å². The summed E-state index contributed by atoms with van der Waals surface area (Å²) in [6.45, 7) is -3.41. The van der Waals surface area contributed by atoms with E-state index in [4.69, 9.17) is 27.5 Å². The standard InChI is InChI=1S/C25H24ClF4N9O3/c1-33-13-36-39(23(29)30)19-9-16(7-8-18(19)26)20(12-42-25(32)41)38(24(31)34-2)21(40)15-5-3-14(4-6-15)17-10-35-37(11-17)22(27)28/h3-11,13,20,22-23H,1,12H2,2H3,(H2,31,34)(H2,32,41)/b36-13-. The third-order valence-corrected chi connectivity index (χ3v) is 6.02. The molecular formula is C25H24ClF4N9O3. The summed E-state index contributed by atoms with van der Waals surface area (Å²) in [4.78, 5) is 29.5. The fourth-order valence-electron chi connectivity index (χ4n) is 3.76. The first kappa shape index (κ1) is 31.5. The fraction of sp³-hybridized carbons (Fsp3) is 0.200. The first-order valence-electron chi connectivity index (χ1n) is 11.8. The lowest BCUT2D eigenvalue weighted by Crippen LogP contribution is -2.47. The van der Waals surface area contributed by atoms with Crippen LogP contribution in [0.2, 0.25) is 5.02 Å². The quantitative estimate of drug-likeness (QED) is 0.0941. The number of hydrazone groups is 1. The summed E-state index contributed by atoms with van der Waals surface area (Å²) in [5.41, 5.74) is 5.88. The first-order chi connectivity index (χ1) is 20.0. The number of alkyl halides is 4. The molecule has 0 radical (unpaired) electrons. The average Bonchev–Trinajstić information content (AvgIpc) is 3.46. The van der Waals surface area contributed by atoms with Crippen molar-refractivity contribution < 1.29 is 31.9 Å². The van der Waals surface area contributed by atoms with Crippen LogP contribution in [0.15, 0.2) is 65.0 Å². The number of aliphatic imine (C=N–C) groups is 1. The van der Waals surface area contributed by atoms with Gasteiger partial charge in [0.25, 0.3) is 5.91 Å². The second kappa shape index (κ2) is 14.1. The van der Waals surface area contributed by atoms with Gasteiger partial charge in [-0.3, -0.25) is 20.1 Å². The molecule has 222 valence electrons. The highest BCUT2D eigenvalue weighted by Gasteiger charge is 2.32. The minimum Gasteiger partial charge on any atom is -0.447 e. The molecular weight excluding hydrogens is 586 g/mol. The van der Waals surface area contributed by atoms with Crippen molar-refractivity contribution in [2.24, 2.45) is 15.8 Å². The Hall–Kier alpha value is -4.99. The molecule has 17 heteroatoms. The number of guanidine groups is 1. The lowest BCUT2D eigenvalue weighted by molar-refractivity contribution is 0.0566. The number of ether oxygens (including phenoxy) is 1. The monoisotopic (exact) mass is 609 g/mol. The number of halogens is 5. The molecule has 1 aromatic heterocycles. The zero-order valence-electron chi connectivity index (χ0n) is 21.8. The van der Waals surface area contributed by atoms with Crippen molar-refractivity contribution in [1.29, 1.82) is 5.41 Å². The minimum absolute atomic E-state index is 0.0501. The maximum Gasteiger partial charge on any atom is 0.404 e. The highest BCUT2D eigenvalue weighted by molar-refractivity contribution is 6.33. The molecule has 0 fully saturated rings. The number of primary amides is 1. The lowest BCUT2D eigenvalue weighted by Gasteiger charge is -2.32. The summed E-state index contributed by atoms with van der Waals surface area (Å²) in [5, 5.41) is 18.2. The van der Waals surface area contributed by atoms with Crippen LogP contribution in [0.5, 0.6) is 0 Å². The maximum atomic E-state index is 13.8. The number of carbonyl (C=O) groups excluding carboxylic acids is 2. The number of benzene rings is 2. The molecule has 0 aliphatic carbocycles. The SMILES string of the molecule is C=N/C=N\N(c1cc(C(COC(N)=O)N(C(=N)NC)C(=O)c2ccc(-c3cnn(C(F)F)c3)cc2)ccc1Cl)C(F)F. The van der Waals surface area contributed by atoms with Crippen molar-refractivity contribution >= 4 is 48.3 Å². The largest absolute Gasteiger partial charge is 0.447 e. The number of aromatic nitrogens is 2. The van der Waals surface area contributed by atoms with Crippen LogP contribution < -0.4 is 16.1 Å². The summed E-state index contributed by atoms with van der Waals surface area (Å²) in [6, 6.07) is 8.31. The van der Waals surface area contributed by atoms with Crippen LogP contribution in [0.1, 0.15) is 28.5 Å². The van der Waals surface area contributed by atoms with E-state index in [2.05, 4.69) is 27.2 Å². The predicted molar refractivity (Wildman–Crippen MR) is 148 cm³/mol. The highest BCUT2D eigenvalue weighted by Crippen LogP contribution is 2.34. The first-order valence-corrected chi connectivity index (χ1v) is 12.2. The molecule has 0 aliphatic rings. The lowest BCUT2D eigenvalue weighted by atomic mass is 10.0. The summed E-state index contributed by atoms with van der Waals surface area (Å²) < 4.78 is 58.9. The van der Waals surface area contributed by atoms with Crippen LogP contribution in [0.3, 0.4) is 0 Å². The van der Waals surface area contributed by atoms with Crippen LogP contribution >= 0.6 is 11.6 Å². The second-order valence-electron chi connectivity index (χ2n) is 8.23. The Morgan fingerprint density at radius 1 is 1.21 bits per heavy atom. The number of hydrogen-bond acceptors (Lipinski definition) is 7. The van der Waals surface area contributed by atoms with Crippen LogP contribution in [-0.4, -0.2) is 65.9 Å². The number of hydrogen-bond donors (Lipinski definition) is 3. The van der Waals surface area contributed by atoms with Gasteiger partial charge < -0.3 is 15.8 Å². The number of nitrogens with zero attached hydrogens (tertiary/aromatic N) is 6. The van der Waals surface area contributed by atoms with Gasteiger partial charge in [-0.15, -0.1) is 0 Å². The molecule has 1 unspecified atom stereocenters. The van der Waals surface area contributed by atoms with E-state index >= 15 is 0 Å². The van der Waals surface area contributed by atoms with Crippen molar-refractivity contribution in [1.82, 2.24) is 20.0 Å². The highest BCUT2D eigenvalue weighted by atomic mass is 35.5. The molecule has 42 heavy (non-hydrogen) atoms. The van der Waals surface area contributed by atoms with Gasteiger partial charge in [0.1, 0.15) is 12.9 Å². The number of nitrogens with two attached hydrogens (primary N) is 1. The van der Waals surface area contributed by atoms with E-state index < -0.39 is 43.7 Å². The van der Waals surface area contributed by atoms with Gasteiger partial charge in [-0.1, -0.05) is 29.8 Å². The van der Waals surface area contributed by atoms with Gasteiger partial charge in [0.05, 0.1) is 22.9 Å². The topological polar surface area (TPSA) is 154 Å². The van der Waals surface area contributed by atoms with E-state index in [0.717, 1.165) is 17.4 Å². The second-order valence-corrected chi connectivity index (χ2v) is 8.64. The molecule has 2 amide bonds. The van der Waals surface area contributed by atoms with Gasteiger partial charge in [-0.2, -0.15) is 27.8 Å². The van der Waals surface area contributed by atoms with Crippen molar-refractivity contribution in [3.8, 4) is 11.1 Å². The van der Waals surface area contributed by atoms with Crippen LogP contribution in [0.25, 0.3) is 11.1 Å². The molecule has 4 N–H and O–H groups in total. The molecule has 0 saturated heterocycles. The van der Waals surface area contributed by atoms with Crippen LogP contribution in [-0.2, 0) is 4.74 Å². The molecule has 1 atom stereocenters. The van der Waals surface area contributed by atoms with Crippen LogP contribution in [0.4, 0.5) is 28.0 Å². The van der Waals surface area contributed by atoms with E-state index in [1.807, 2.05) is 0 Å². The smallest absolute Gasteiger partial charge is 0.404 e. The number of rotatable bonds is 11. The zero-order valence-corrected chi connectivity index (χ0v) is 22.6. The van der Waals surface area contributed by atoms with Crippen molar-refractivity contribution in [3.63, 3.8) is 0 Å². The summed E-state index contributed by atoms with van der Waals surface area (Å²) >= 11 is 6.17. The summed E-state index contributed by atoms with van der Waals surface area (Å²) in [5.74, 6) is -1.21. The Labute approximate surface area is 241 Å². The summed E-state index contributed by atoms with van der Waals surface area (Å²) in [6.07, 6.45) is 1.95. The molecule has 0 aliphatic heterocycles. The molecule has 12 nitrogen and oxygen atoms in total. The zero-order chi connectivity index (χ0) is 31.0. The van der Waals surface area contributed by atoms with E-state index in [1.165, 1.54) is 55.7 Å². The maximum absolute atomic E-state index is 13.8. The van der Waals surface area contributed by atoms with Gasteiger partial charge >= 0.3 is 19.2 Å². The molecule has 0 saturated carbocycles. The van der Waals surface area contributed by atoms with Gasteiger partial charge in [-0.25, -0.2) is 14.5 Å². The Morgan fingerprint density at radius 2 is 1.90 bits per heavy atom. The normalized spacial score (nSPS) is 11.9. The van der Waals surface area contributed by atoms with Crippen molar-refractivity contribution in [3.05, 3.63) is 71.0 Å². The Kier molecular flexibility index (Phi) is 10.6. The molecule has 0 spiro atoms. The van der Waals surface area contributed by atoms with Gasteiger partial charge in [0.2, 0.25) is 0 Å². The molecule has 3 rings (SSSR count). The number of amides is 2. The third kappa shape index (κ3) is 7.39.